The van der Waals surface area contributed by atoms with Crippen molar-refractivity contribution in [3.8, 4) is 0 Å². The first-order chi connectivity index (χ1) is 16.2. The summed E-state index contributed by atoms with van der Waals surface area (Å²) in [5.74, 6) is 0. The van der Waals surface area contributed by atoms with Crippen molar-refractivity contribution in [3.05, 3.63) is 116 Å². The van der Waals surface area contributed by atoms with Crippen LogP contribution >= 0.6 is 0 Å². The molecule has 0 amide bonds. The molecule has 3 heterocycles. The molecule has 7 aromatic rings. The summed E-state index contributed by atoms with van der Waals surface area (Å²) in [5, 5.41) is 6.01. The summed E-state index contributed by atoms with van der Waals surface area (Å²) in [5.41, 5.74) is 5.38. The van der Waals surface area contributed by atoms with Crippen molar-refractivity contribution in [2.75, 3.05) is 0 Å². The average Bonchev–Trinajstić information content (AvgIpc) is 3.45. The monoisotopic (exact) mass is 721 g/mol. The van der Waals surface area contributed by atoms with E-state index in [0.29, 0.717) is 0 Å². The van der Waals surface area contributed by atoms with Crippen molar-refractivity contribution in [3.63, 3.8) is 0 Å². The summed E-state index contributed by atoms with van der Waals surface area (Å²) in [7, 11) is 0. The molecule has 3 nitrogen and oxygen atoms in total. The fourth-order valence-corrected chi connectivity index (χ4v) is 5.59. The molecule has 0 bridgehead atoms. The Morgan fingerprint density at radius 2 is 1.19 bits per heavy atom. The van der Waals surface area contributed by atoms with Gasteiger partial charge in [-0.15, -0.1) is 29.7 Å². The molecular weight excluding hydrogens is 695 g/mol. The molecule has 0 unspecified atom stereocenters. The summed E-state index contributed by atoms with van der Waals surface area (Å²) in [6.45, 7) is 4.59. The number of hydrogen-bond acceptors (Lipinski definition) is 1. The van der Waals surface area contributed by atoms with Gasteiger partial charge < -0.3 is 16.4 Å². The second-order valence-electron chi connectivity index (χ2n) is 9.21. The average molecular weight is 721 g/mol. The van der Waals surface area contributed by atoms with Crippen LogP contribution in [0.25, 0.3) is 49.1 Å². The van der Waals surface area contributed by atoms with Crippen LogP contribution in [-0.4, -0.2) is 14.0 Å². The van der Waals surface area contributed by atoms with Crippen molar-refractivity contribution >= 4 is 49.1 Å². The van der Waals surface area contributed by atoms with Gasteiger partial charge in [-0.25, -0.2) is 0 Å². The smallest absolute Gasteiger partial charge is 0.0808 e. The van der Waals surface area contributed by atoms with Crippen LogP contribution in [0.5, 0.6) is 0 Å². The number of imidazole rings is 1. The number of rotatable bonds is 2. The van der Waals surface area contributed by atoms with E-state index in [4.69, 9.17) is 4.98 Å². The van der Waals surface area contributed by atoms with E-state index in [2.05, 4.69) is 114 Å². The van der Waals surface area contributed by atoms with E-state index in [9.17, 15) is 0 Å². The zero-order valence-electron chi connectivity index (χ0n) is 20.5. The van der Waals surface area contributed by atoms with Gasteiger partial charge in [0.1, 0.15) is 0 Å². The molecule has 0 saturated carbocycles. The van der Waals surface area contributed by atoms with Gasteiger partial charge >= 0.3 is 0 Å². The molecular formula is C31H25IrN3Y-2. The Labute approximate surface area is 249 Å². The predicted molar refractivity (Wildman–Crippen MR) is 143 cm³/mol. The maximum Gasteiger partial charge on any atom is 0.0808 e. The Morgan fingerprint density at radius 1 is 0.694 bits per heavy atom. The van der Waals surface area contributed by atoms with Crippen molar-refractivity contribution in [1.82, 2.24) is 14.0 Å². The molecule has 0 spiro atoms. The number of aromatic nitrogens is 3. The first-order valence-electron chi connectivity index (χ1n) is 11.3. The maximum absolute atomic E-state index is 4.95. The minimum absolute atomic E-state index is 0. The van der Waals surface area contributed by atoms with Gasteiger partial charge in [-0.3, -0.25) is 4.98 Å². The number of fused-ring (bicyclic) bond motifs is 9. The van der Waals surface area contributed by atoms with Crippen molar-refractivity contribution in [2.24, 2.45) is 0 Å². The summed E-state index contributed by atoms with van der Waals surface area (Å²) < 4.78 is 4.80. The summed E-state index contributed by atoms with van der Waals surface area (Å²) in [6.07, 6.45) is 2.05. The number of benzene rings is 4. The largest absolute Gasteiger partial charge is 0.358 e. The van der Waals surface area contributed by atoms with Gasteiger partial charge in [-0.05, 0) is 37.4 Å². The Hall–Kier alpha value is -2.36. The van der Waals surface area contributed by atoms with Crippen molar-refractivity contribution in [1.29, 1.82) is 0 Å². The van der Waals surface area contributed by atoms with Crippen LogP contribution in [-0.2, 0) is 58.4 Å². The second kappa shape index (κ2) is 9.84. The normalized spacial score (nSPS) is 11.5. The van der Waals surface area contributed by atoms with E-state index in [0.717, 1.165) is 16.7 Å². The molecule has 0 saturated heterocycles. The number of hydrogen-bond donors (Lipinski definition) is 0. The zero-order chi connectivity index (χ0) is 22.2. The Balaban J connectivity index is 0.00000101. The number of nitrogens with zero attached hydrogens (tertiary/aromatic N) is 3. The third kappa shape index (κ3) is 3.62. The molecule has 0 aliphatic rings. The topological polar surface area (TPSA) is 22.2 Å². The number of para-hydroxylation sites is 3. The quantitative estimate of drug-likeness (QED) is 0.132. The maximum atomic E-state index is 4.95. The summed E-state index contributed by atoms with van der Waals surface area (Å²) >= 11 is 0. The van der Waals surface area contributed by atoms with E-state index < -0.39 is 0 Å². The van der Waals surface area contributed by atoms with E-state index in [-0.39, 0.29) is 65.8 Å². The molecule has 3 aromatic heterocycles. The van der Waals surface area contributed by atoms with Crippen molar-refractivity contribution < 1.29 is 52.8 Å². The van der Waals surface area contributed by atoms with E-state index in [1.165, 1.54) is 38.1 Å². The van der Waals surface area contributed by atoms with Crippen LogP contribution < -0.4 is 0 Å². The summed E-state index contributed by atoms with van der Waals surface area (Å²) in [4.78, 5) is 4.95. The molecule has 0 fully saturated rings. The SMILES string of the molecule is CC(C)(c1cnc2c3[c-]cccc3c3ccccc3n12)n1c2ccccc2c2ccccc21.[CH3-].[Ir].[Y]. The van der Waals surface area contributed by atoms with Gasteiger partial charge in [0.05, 0.1) is 16.9 Å². The fourth-order valence-electron chi connectivity index (χ4n) is 5.59. The molecule has 0 atom stereocenters. The van der Waals surface area contributed by atoms with Crippen molar-refractivity contribution in [2.45, 2.75) is 19.4 Å². The molecule has 4 aromatic carbocycles. The van der Waals surface area contributed by atoms with Gasteiger partial charge in [-0.1, -0.05) is 60.0 Å². The molecule has 5 heteroatoms. The molecule has 0 aliphatic heterocycles. The Kier molecular flexibility index (Phi) is 7.30. The Morgan fingerprint density at radius 3 is 1.81 bits per heavy atom. The fraction of sp³-hybridized carbons (Fsp3) is 0.0968. The third-order valence-electron chi connectivity index (χ3n) is 7.04. The summed E-state index contributed by atoms with van der Waals surface area (Å²) in [6, 6.07) is 35.6. The molecule has 7 rings (SSSR count). The van der Waals surface area contributed by atoms with Crippen LogP contribution in [0.1, 0.15) is 19.5 Å². The van der Waals surface area contributed by atoms with Crippen LogP contribution in [0.15, 0.2) is 97.2 Å². The first kappa shape index (κ1) is 26.7. The van der Waals surface area contributed by atoms with Gasteiger partial charge in [0, 0.05) is 86.3 Å². The minimum Gasteiger partial charge on any atom is -0.358 e. The zero-order valence-corrected chi connectivity index (χ0v) is 25.7. The molecule has 0 aliphatic carbocycles. The van der Waals surface area contributed by atoms with Gasteiger partial charge in [0.25, 0.3) is 0 Å². The second-order valence-corrected chi connectivity index (χ2v) is 9.21. The van der Waals surface area contributed by atoms with Crippen LogP contribution in [0, 0.1) is 13.5 Å². The molecule has 0 N–H and O–H groups in total. The molecule has 36 heavy (non-hydrogen) atoms. The Bertz CT molecular complexity index is 1810. The van der Waals surface area contributed by atoms with Crippen LogP contribution in [0.4, 0.5) is 0 Å². The van der Waals surface area contributed by atoms with Gasteiger partial charge in [-0.2, -0.15) is 0 Å². The van der Waals surface area contributed by atoms with E-state index in [1.807, 2.05) is 12.3 Å². The van der Waals surface area contributed by atoms with Crippen LogP contribution in [0.3, 0.4) is 0 Å². The van der Waals surface area contributed by atoms with Crippen LogP contribution in [0.2, 0.25) is 0 Å². The molecule has 178 valence electrons. The van der Waals surface area contributed by atoms with E-state index in [1.54, 1.807) is 0 Å². The standard InChI is InChI=1S/C30H22N3.CH3.Ir.Y/c1-30(2,33-26-17-9-6-13-22(26)23-14-7-10-18-27(23)33)28-19-31-29-24-15-4-3-11-20(24)21-12-5-8-16-25(21)32(28)29;;;/h3-14,16-19H,1-2H3;1H3;;/q2*-1;;. The predicted octanol–water partition coefficient (Wildman–Crippen LogP) is 7.78. The third-order valence-corrected chi connectivity index (χ3v) is 7.04. The number of pyridine rings is 1. The molecule has 2 radical (unpaired) electrons. The van der Waals surface area contributed by atoms with E-state index >= 15 is 0 Å². The first-order valence-corrected chi connectivity index (χ1v) is 11.3. The minimum atomic E-state index is -0.354. The van der Waals surface area contributed by atoms with Gasteiger partial charge in [0.15, 0.2) is 0 Å². The van der Waals surface area contributed by atoms with Gasteiger partial charge in [0.2, 0.25) is 0 Å².